The van der Waals surface area contributed by atoms with Crippen LogP contribution < -0.4 is 4.74 Å². The van der Waals surface area contributed by atoms with Gasteiger partial charge in [0.05, 0.1) is 6.10 Å². The lowest BCUT2D eigenvalue weighted by Gasteiger charge is -2.02. The van der Waals surface area contributed by atoms with Crippen molar-refractivity contribution in [3.63, 3.8) is 0 Å². The van der Waals surface area contributed by atoms with E-state index in [0.717, 1.165) is 24.2 Å². The summed E-state index contributed by atoms with van der Waals surface area (Å²) in [5.41, 5.74) is 1.04. The molecule has 1 aliphatic rings. The van der Waals surface area contributed by atoms with E-state index >= 15 is 0 Å². The van der Waals surface area contributed by atoms with Gasteiger partial charge in [0.2, 0.25) is 0 Å². The predicted octanol–water partition coefficient (Wildman–Crippen LogP) is 3.60. The molecule has 1 fully saturated rings. The van der Waals surface area contributed by atoms with Crippen molar-refractivity contribution in [2.24, 2.45) is 0 Å². The molecule has 0 N–H and O–H groups in total. The molecule has 1 nitrogen and oxygen atoms in total. The van der Waals surface area contributed by atoms with Gasteiger partial charge in [0.1, 0.15) is 5.75 Å². The number of ether oxygens (including phenoxy) is 1. The van der Waals surface area contributed by atoms with Gasteiger partial charge in [-0.05, 0) is 43.5 Å². The third kappa shape index (κ3) is 3.79. The normalized spacial score (nSPS) is 14.1. The lowest BCUT2D eigenvalue weighted by atomic mass is 10.2. The second kappa shape index (κ2) is 5.82. The van der Waals surface area contributed by atoms with Crippen LogP contribution in [0.3, 0.4) is 0 Å². The van der Waals surface area contributed by atoms with Gasteiger partial charge in [-0.15, -0.1) is 11.6 Å². The van der Waals surface area contributed by atoms with Crippen molar-refractivity contribution in [3.8, 4) is 17.6 Å². The van der Waals surface area contributed by atoms with Crippen LogP contribution in [0.1, 0.15) is 31.2 Å². The van der Waals surface area contributed by atoms with Gasteiger partial charge in [-0.1, -0.05) is 11.8 Å². The fraction of sp³-hybridized carbons (Fsp3) is 0.429. The third-order valence-electron chi connectivity index (χ3n) is 2.35. The molecule has 1 aromatic carbocycles. The van der Waals surface area contributed by atoms with Crippen molar-refractivity contribution in [2.45, 2.75) is 31.8 Å². The lowest BCUT2D eigenvalue weighted by molar-refractivity contribution is 0.303. The monoisotopic (exact) mass is 234 g/mol. The first-order chi connectivity index (χ1) is 7.88. The summed E-state index contributed by atoms with van der Waals surface area (Å²) >= 11 is 5.57. The summed E-state index contributed by atoms with van der Waals surface area (Å²) in [4.78, 5) is 0. The summed E-state index contributed by atoms with van der Waals surface area (Å²) in [5.74, 6) is 7.85. The van der Waals surface area contributed by atoms with E-state index in [-0.39, 0.29) is 0 Å². The van der Waals surface area contributed by atoms with Crippen LogP contribution in [0.15, 0.2) is 24.3 Å². The first kappa shape index (κ1) is 11.4. The first-order valence-corrected chi connectivity index (χ1v) is 6.23. The maximum Gasteiger partial charge on any atom is 0.119 e. The Morgan fingerprint density at radius 3 is 2.62 bits per heavy atom. The van der Waals surface area contributed by atoms with Gasteiger partial charge in [0.25, 0.3) is 0 Å². The van der Waals surface area contributed by atoms with Crippen molar-refractivity contribution in [3.05, 3.63) is 29.8 Å². The van der Waals surface area contributed by atoms with Crippen LogP contribution in [0.5, 0.6) is 5.75 Å². The number of hydrogen-bond donors (Lipinski definition) is 0. The van der Waals surface area contributed by atoms with Crippen LogP contribution in [0.25, 0.3) is 0 Å². The van der Waals surface area contributed by atoms with E-state index in [2.05, 4.69) is 11.8 Å². The minimum atomic E-state index is 0.459. The molecule has 0 bridgehead atoms. The third-order valence-corrected chi connectivity index (χ3v) is 2.62. The SMILES string of the molecule is ClCCCC#Cc1ccc(OC2CC2)cc1. The smallest absolute Gasteiger partial charge is 0.119 e. The average molecular weight is 235 g/mol. The van der Waals surface area contributed by atoms with Crippen molar-refractivity contribution in [2.75, 3.05) is 5.88 Å². The Bertz CT molecular complexity index is 381. The summed E-state index contributed by atoms with van der Waals surface area (Å²) in [6.45, 7) is 0. The van der Waals surface area contributed by atoms with Crippen LogP contribution in [-0.2, 0) is 0 Å². The molecule has 0 radical (unpaired) electrons. The number of halogens is 1. The van der Waals surface area contributed by atoms with Crippen LogP contribution in [0.2, 0.25) is 0 Å². The minimum Gasteiger partial charge on any atom is -0.490 e. The molecular weight excluding hydrogens is 220 g/mol. The van der Waals surface area contributed by atoms with E-state index in [1.54, 1.807) is 0 Å². The lowest BCUT2D eigenvalue weighted by Crippen LogP contribution is -1.95. The highest BCUT2D eigenvalue weighted by Crippen LogP contribution is 2.26. The summed E-state index contributed by atoms with van der Waals surface area (Å²) < 4.78 is 5.66. The Balaban J connectivity index is 1.87. The quantitative estimate of drug-likeness (QED) is 0.440. The van der Waals surface area contributed by atoms with Crippen molar-refractivity contribution >= 4 is 11.6 Å². The second-order valence-electron chi connectivity index (χ2n) is 3.94. The molecule has 1 aliphatic carbocycles. The highest BCUT2D eigenvalue weighted by molar-refractivity contribution is 6.17. The Hall–Kier alpha value is -1.13. The number of alkyl halides is 1. The van der Waals surface area contributed by atoms with Crippen LogP contribution in [0, 0.1) is 11.8 Å². The predicted molar refractivity (Wildman–Crippen MR) is 66.9 cm³/mol. The Labute approximate surface area is 102 Å². The molecule has 84 valence electrons. The number of hydrogen-bond acceptors (Lipinski definition) is 1. The van der Waals surface area contributed by atoms with E-state index in [1.807, 2.05) is 24.3 Å². The van der Waals surface area contributed by atoms with Gasteiger partial charge in [-0.3, -0.25) is 0 Å². The minimum absolute atomic E-state index is 0.459. The molecule has 0 aliphatic heterocycles. The molecule has 0 saturated heterocycles. The molecule has 0 amide bonds. The van der Waals surface area contributed by atoms with Gasteiger partial charge in [-0.2, -0.15) is 0 Å². The zero-order valence-corrected chi connectivity index (χ0v) is 9.96. The average Bonchev–Trinajstić information content (AvgIpc) is 3.11. The molecule has 0 aromatic heterocycles. The summed E-state index contributed by atoms with van der Waals surface area (Å²) in [5, 5.41) is 0. The molecule has 16 heavy (non-hydrogen) atoms. The maximum absolute atomic E-state index is 5.66. The van der Waals surface area contributed by atoms with Crippen molar-refractivity contribution < 1.29 is 4.74 Å². The fourth-order valence-corrected chi connectivity index (χ4v) is 1.45. The van der Waals surface area contributed by atoms with Crippen LogP contribution in [0.4, 0.5) is 0 Å². The first-order valence-electron chi connectivity index (χ1n) is 5.70. The van der Waals surface area contributed by atoms with Crippen molar-refractivity contribution in [1.82, 2.24) is 0 Å². The van der Waals surface area contributed by atoms with Gasteiger partial charge < -0.3 is 4.74 Å². The van der Waals surface area contributed by atoms with E-state index < -0.39 is 0 Å². The van der Waals surface area contributed by atoms with Gasteiger partial charge in [0.15, 0.2) is 0 Å². The Morgan fingerprint density at radius 1 is 1.25 bits per heavy atom. The van der Waals surface area contributed by atoms with E-state index in [4.69, 9.17) is 16.3 Å². The van der Waals surface area contributed by atoms with Crippen molar-refractivity contribution in [1.29, 1.82) is 0 Å². The Morgan fingerprint density at radius 2 is 2.00 bits per heavy atom. The molecule has 0 unspecified atom stereocenters. The molecule has 2 rings (SSSR count). The molecule has 1 aromatic rings. The number of unbranched alkanes of at least 4 members (excludes halogenated alkanes) is 1. The molecule has 2 heteroatoms. The van der Waals surface area contributed by atoms with Gasteiger partial charge in [-0.25, -0.2) is 0 Å². The number of benzene rings is 1. The Kier molecular flexibility index (Phi) is 4.13. The van der Waals surface area contributed by atoms with Gasteiger partial charge in [0, 0.05) is 17.9 Å². The summed E-state index contributed by atoms with van der Waals surface area (Å²) in [6.07, 6.45) is 4.67. The van der Waals surface area contributed by atoms with Crippen LogP contribution in [-0.4, -0.2) is 12.0 Å². The molecular formula is C14H15ClO. The molecule has 0 heterocycles. The highest BCUT2D eigenvalue weighted by atomic mass is 35.5. The summed E-state index contributed by atoms with van der Waals surface area (Å²) in [7, 11) is 0. The molecule has 0 spiro atoms. The zero-order valence-electron chi connectivity index (χ0n) is 9.21. The topological polar surface area (TPSA) is 9.23 Å². The highest BCUT2D eigenvalue weighted by Gasteiger charge is 2.23. The maximum atomic E-state index is 5.66. The fourth-order valence-electron chi connectivity index (χ4n) is 1.31. The number of rotatable bonds is 4. The standard InChI is InChI=1S/C14H15ClO/c15-11-3-1-2-4-12-5-7-13(8-6-12)16-14-9-10-14/h5-8,14H,1,3,9-11H2. The molecule has 0 atom stereocenters. The second-order valence-corrected chi connectivity index (χ2v) is 4.31. The summed E-state index contributed by atoms with van der Waals surface area (Å²) in [6, 6.07) is 7.99. The van der Waals surface area contributed by atoms with E-state index in [0.29, 0.717) is 12.0 Å². The van der Waals surface area contributed by atoms with E-state index in [9.17, 15) is 0 Å². The molecule has 1 saturated carbocycles. The van der Waals surface area contributed by atoms with E-state index in [1.165, 1.54) is 12.8 Å². The van der Waals surface area contributed by atoms with Crippen LogP contribution >= 0.6 is 11.6 Å². The largest absolute Gasteiger partial charge is 0.490 e. The van der Waals surface area contributed by atoms with Gasteiger partial charge >= 0.3 is 0 Å². The zero-order chi connectivity index (χ0) is 11.2.